The predicted octanol–water partition coefficient (Wildman–Crippen LogP) is 4.18. The summed E-state index contributed by atoms with van der Waals surface area (Å²) in [6.45, 7) is -0.204. The molecule has 0 bridgehead atoms. The predicted molar refractivity (Wildman–Crippen MR) is 118 cm³/mol. The Labute approximate surface area is 189 Å². The number of rotatable bonds is 4. The van der Waals surface area contributed by atoms with E-state index in [1.807, 2.05) is 0 Å². The molecule has 33 heavy (non-hydrogen) atoms. The Balaban J connectivity index is 1.69. The lowest BCUT2D eigenvalue weighted by Gasteiger charge is -2.13. The molecule has 2 aromatic heterocycles. The lowest BCUT2D eigenvalue weighted by molar-refractivity contribution is 0.370. The number of hydrogen-bond donors (Lipinski definition) is 0. The third-order valence-electron chi connectivity index (χ3n) is 5.04. The summed E-state index contributed by atoms with van der Waals surface area (Å²) in [7, 11) is 0. The van der Waals surface area contributed by atoms with Gasteiger partial charge in [-0.3, -0.25) is 9.36 Å². The number of hydrogen-bond acceptors (Lipinski definition) is 5. The number of fused-ring (bicyclic) bond motifs is 1. The first-order valence-electron chi connectivity index (χ1n) is 9.71. The maximum atomic E-state index is 14.5. The fourth-order valence-electron chi connectivity index (χ4n) is 3.54. The molecule has 0 N–H and O–H groups in total. The van der Waals surface area contributed by atoms with E-state index in [0.29, 0.717) is 15.2 Å². The Hall–Kier alpha value is -4.11. The van der Waals surface area contributed by atoms with Gasteiger partial charge in [-0.25, -0.2) is 18.1 Å². The summed E-state index contributed by atoms with van der Waals surface area (Å²) in [5.74, 6) is -1.38. The number of aromatic nitrogens is 4. The van der Waals surface area contributed by atoms with Gasteiger partial charge in [0.1, 0.15) is 18.2 Å². The van der Waals surface area contributed by atoms with Crippen LogP contribution in [0.3, 0.4) is 0 Å². The van der Waals surface area contributed by atoms with Gasteiger partial charge < -0.3 is 4.52 Å². The highest BCUT2D eigenvalue weighted by atomic mass is 35.5. The zero-order chi connectivity index (χ0) is 23.1. The second-order valence-electron chi connectivity index (χ2n) is 7.14. The van der Waals surface area contributed by atoms with Crippen LogP contribution in [0, 0.1) is 11.6 Å². The van der Waals surface area contributed by atoms with Crippen LogP contribution in [0.1, 0.15) is 5.89 Å². The molecule has 0 amide bonds. The molecule has 2 heterocycles. The third kappa shape index (κ3) is 3.72. The topological polar surface area (TPSA) is 82.9 Å². The Kier molecular flexibility index (Phi) is 5.10. The highest BCUT2D eigenvalue weighted by Crippen LogP contribution is 2.21. The van der Waals surface area contributed by atoms with E-state index in [9.17, 15) is 18.4 Å². The second kappa shape index (κ2) is 8.10. The van der Waals surface area contributed by atoms with Gasteiger partial charge in [0.2, 0.25) is 11.7 Å². The van der Waals surface area contributed by atoms with Crippen molar-refractivity contribution in [3.63, 3.8) is 0 Å². The third-order valence-corrected chi connectivity index (χ3v) is 5.28. The fourth-order valence-corrected chi connectivity index (χ4v) is 3.73. The molecule has 0 spiro atoms. The molecular formula is C23H13ClF2N4O3. The van der Waals surface area contributed by atoms with Crippen molar-refractivity contribution >= 4 is 22.5 Å². The molecular weight excluding hydrogens is 454 g/mol. The summed E-state index contributed by atoms with van der Waals surface area (Å²) >= 11 is 6.01. The SMILES string of the molecule is O=c1c2ccccc2n(Cc2nc(-c3cccc(Cl)c3)no2)c(=O)n1-c1cc(F)ccc1F. The van der Waals surface area contributed by atoms with Crippen LogP contribution in [-0.4, -0.2) is 19.3 Å². The number of nitrogens with zero attached hydrogens (tertiary/aromatic N) is 4. The van der Waals surface area contributed by atoms with E-state index in [-0.39, 0.29) is 29.2 Å². The lowest BCUT2D eigenvalue weighted by atomic mass is 10.2. The maximum Gasteiger partial charge on any atom is 0.336 e. The molecule has 0 aliphatic carbocycles. The van der Waals surface area contributed by atoms with Gasteiger partial charge in [-0.05, 0) is 36.4 Å². The first-order valence-corrected chi connectivity index (χ1v) is 10.1. The summed E-state index contributed by atoms with van der Waals surface area (Å²) < 4.78 is 35.4. The molecule has 0 unspecified atom stereocenters. The molecule has 3 aromatic carbocycles. The first kappa shape index (κ1) is 20.8. The smallest absolute Gasteiger partial charge is 0.336 e. The summed E-state index contributed by atoms with van der Waals surface area (Å²) in [4.78, 5) is 30.7. The molecule has 0 radical (unpaired) electrons. The molecule has 0 fully saturated rings. The van der Waals surface area contributed by atoms with Crippen molar-refractivity contribution in [3.8, 4) is 17.1 Å². The second-order valence-corrected chi connectivity index (χ2v) is 7.58. The minimum Gasteiger partial charge on any atom is -0.337 e. The highest BCUT2D eigenvalue weighted by Gasteiger charge is 2.19. The fraction of sp³-hybridized carbons (Fsp3) is 0.0435. The monoisotopic (exact) mass is 466 g/mol. The Morgan fingerprint density at radius 3 is 2.61 bits per heavy atom. The van der Waals surface area contributed by atoms with E-state index >= 15 is 0 Å². The molecule has 5 aromatic rings. The number of benzene rings is 3. The van der Waals surface area contributed by atoms with Gasteiger partial charge in [0.05, 0.1) is 16.6 Å². The van der Waals surface area contributed by atoms with E-state index in [2.05, 4.69) is 10.1 Å². The first-order chi connectivity index (χ1) is 15.9. The molecule has 0 aliphatic heterocycles. The average molecular weight is 467 g/mol. The Morgan fingerprint density at radius 2 is 1.79 bits per heavy atom. The quantitative estimate of drug-likeness (QED) is 0.397. The molecule has 7 nitrogen and oxygen atoms in total. The maximum absolute atomic E-state index is 14.5. The van der Waals surface area contributed by atoms with Crippen LogP contribution in [0.15, 0.2) is 80.8 Å². The average Bonchev–Trinajstić information content (AvgIpc) is 3.28. The summed E-state index contributed by atoms with van der Waals surface area (Å²) in [6.07, 6.45) is 0. The Morgan fingerprint density at radius 1 is 0.970 bits per heavy atom. The summed E-state index contributed by atoms with van der Waals surface area (Å²) in [5.41, 5.74) is -1.26. The van der Waals surface area contributed by atoms with Crippen LogP contribution < -0.4 is 11.2 Å². The molecule has 164 valence electrons. The molecule has 0 aliphatic rings. The van der Waals surface area contributed by atoms with E-state index < -0.39 is 28.6 Å². The van der Waals surface area contributed by atoms with Gasteiger partial charge in [0, 0.05) is 16.7 Å². The minimum atomic E-state index is -0.918. The van der Waals surface area contributed by atoms with Gasteiger partial charge in [0.15, 0.2) is 0 Å². The van der Waals surface area contributed by atoms with Crippen molar-refractivity contribution in [1.29, 1.82) is 0 Å². The number of para-hydroxylation sites is 1. The van der Waals surface area contributed by atoms with Crippen LogP contribution in [0.4, 0.5) is 8.78 Å². The Bertz CT molecular complexity index is 1640. The van der Waals surface area contributed by atoms with Gasteiger partial charge in [0.25, 0.3) is 5.56 Å². The van der Waals surface area contributed by atoms with E-state index in [1.54, 1.807) is 42.5 Å². The van der Waals surface area contributed by atoms with Crippen LogP contribution in [0.5, 0.6) is 0 Å². The van der Waals surface area contributed by atoms with E-state index in [4.69, 9.17) is 16.1 Å². The van der Waals surface area contributed by atoms with Gasteiger partial charge in [-0.2, -0.15) is 4.98 Å². The van der Waals surface area contributed by atoms with Crippen molar-refractivity contribution in [1.82, 2.24) is 19.3 Å². The van der Waals surface area contributed by atoms with Crippen molar-refractivity contribution in [3.05, 3.63) is 110 Å². The molecule has 0 saturated carbocycles. The van der Waals surface area contributed by atoms with Crippen LogP contribution >= 0.6 is 11.6 Å². The van der Waals surface area contributed by atoms with Crippen molar-refractivity contribution < 1.29 is 13.3 Å². The summed E-state index contributed by atoms with van der Waals surface area (Å²) in [5, 5.41) is 4.54. The van der Waals surface area contributed by atoms with Crippen molar-refractivity contribution in [2.24, 2.45) is 0 Å². The van der Waals surface area contributed by atoms with Crippen molar-refractivity contribution in [2.75, 3.05) is 0 Å². The highest BCUT2D eigenvalue weighted by molar-refractivity contribution is 6.30. The van der Waals surface area contributed by atoms with Gasteiger partial charge >= 0.3 is 5.69 Å². The lowest BCUT2D eigenvalue weighted by Crippen LogP contribution is -2.39. The normalized spacial score (nSPS) is 11.2. The molecule has 0 saturated heterocycles. The van der Waals surface area contributed by atoms with Gasteiger partial charge in [-0.1, -0.05) is 41.0 Å². The minimum absolute atomic E-state index is 0.0714. The zero-order valence-corrected chi connectivity index (χ0v) is 17.5. The van der Waals surface area contributed by atoms with Crippen LogP contribution in [0.25, 0.3) is 28.0 Å². The van der Waals surface area contributed by atoms with Crippen LogP contribution in [0.2, 0.25) is 5.02 Å². The van der Waals surface area contributed by atoms with Gasteiger partial charge in [-0.15, -0.1) is 0 Å². The molecule has 0 atom stereocenters. The van der Waals surface area contributed by atoms with E-state index in [0.717, 1.165) is 18.2 Å². The number of halogens is 3. The molecule has 5 rings (SSSR count). The summed E-state index contributed by atoms with van der Waals surface area (Å²) in [6, 6.07) is 15.7. The zero-order valence-electron chi connectivity index (χ0n) is 16.7. The van der Waals surface area contributed by atoms with E-state index in [1.165, 1.54) is 10.6 Å². The molecule has 10 heteroatoms. The largest absolute Gasteiger partial charge is 0.337 e. The standard InChI is InChI=1S/C23H13ClF2N4O3/c24-14-5-3-4-13(10-14)21-27-20(33-28-21)12-29-18-7-2-1-6-16(18)22(31)30(23(29)32)19-11-15(25)8-9-17(19)26/h1-11H,12H2. The van der Waals surface area contributed by atoms with Crippen LogP contribution in [-0.2, 0) is 6.54 Å². The van der Waals surface area contributed by atoms with Crippen molar-refractivity contribution in [2.45, 2.75) is 6.54 Å².